The highest BCUT2D eigenvalue weighted by atomic mass is 35.5. The minimum atomic E-state index is -0.290. The summed E-state index contributed by atoms with van der Waals surface area (Å²) >= 11 is 6.01. The molecule has 1 amide bonds. The van der Waals surface area contributed by atoms with Crippen molar-refractivity contribution in [3.05, 3.63) is 63.9 Å². The highest BCUT2D eigenvalue weighted by molar-refractivity contribution is 6.30. The van der Waals surface area contributed by atoms with E-state index in [1.165, 1.54) is 0 Å². The summed E-state index contributed by atoms with van der Waals surface area (Å²) in [5.74, 6) is -0.343. The zero-order valence-electron chi connectivity index (χ0n) is 13.5. The maximum absolute atomic E-state index is 14.6. The van der Waals surface area contributed by atoms with E-state index in [9.17, 15) is 9.18 Å². The van der Waals surface area contributed by atoms with E-state index in [-0.39, 0.29) is 41.7 Å². The Morgan fingerprint density at radius 2 is 2.12 bits per heavy atom. The number of carbonyl (C=O) groups is 1. The number of benzene rings is 2. The monoisotopic (exact) mass is 380 g/mol. The average Bonchev–Trinajstić information content (AvgIpc) is 3.38. The predicted molar refractivity (Wildman–Crippen MR) is 100.0 cm³/mol. The molecule has 2 aromatic rings. The molecule has 2 N–H and O–H groups in total. The van der Waals surface area contributed by atoms with Gasteiger partial charge in [-0.1, -0.05) is 29.8 Å². The summed E-state index contributed by atoms with van der Waals surface area (Å²) in [6.45, 7) is 1.45. The minimum absolute atomic E-state index is 0. The Balaban J connectivity index is 0.00000182. The molecule has 2 aliphatic rings. The number of hydrogen-bond donors (Lipinski definition) is 2. The molecule has 1 heterocycles. The molecule has 1 aliphatic heterocycles. The zero-order valence-corrected chi connectivity index (χ0v) is 15.1. The third kappa shape index (κ3) is 3.66. The average molecular weight is 381 g/mol. The lowest BCUT2D eigenvalue weighted by Crippen LogP contribution is -2.25. The largest absolute Gasteiger partial charge is 0.323 e. The third-order valence-electron chi connectivity index (χ3n) is 4.87. The maximum atomic E-state index is 14.6. The van der Waals surface area contributed by atoms with Gasteiger partial charge in [0.25, 0.3) is 0 Å². The van der Waals surface area contributed by atoms with Gasteiger partial charge in [-0.2, -0.15) is 0 Å². The number of nitrogens with one attached hydrogen (secondary N) is 2. The van der Waals surface area contributed by atoms with Gasteiger partial charge >= 0.3 is 0 Å². The Labute approximate surface area is 157 Å². The smallest absolute Gasteiger partial charge is 0.228 e. The number of halogens is 3. The Bertz CT molecular complexity index is 812. The van der Waals surface area contributed by atoms with Crippen molar-refractivity contribution in [3.8, 4) is 0 Å². The number of amides is 1. The first-order chi connectivity index (χ1) is 11.6. The van der Waals surface area contributed by atoms with Crippen LogP contribution in [0.2, 0.25) is 5.02 Å². The van der Waals surface area contributed by atoms with Crippen LogP contribution in [0.25, 0.3) is 0 Å². The van der Waals surface area contributed by atoms with Crippen LogP contribution in [-0.2, 0) is 17.8 Å². The van der Waals surface area contributed by atoms with Crippen molar-refractivity contribution in [1.82, 2.24) is 5.32 Å². The molecule has 3 nitrogen and oxygen atoms in total. The summed E-state index contributed by atoms with van der Waals surface area (Å²) in [4.78, 5) is 12.4. The topological polar surface area (TPSA) is 41.1 Å². The van der Waals surface area contributed by atoms with Crippen LogP contribution in [0.5, 0.6) is 0 Å². The van der Waals surface area contributed by atoms with E-state index >= 15 is 0 Å². The van der Waals surface area contributed by atoms with Gasteiger partial charge in [0.1, 0.15) is 5.82 Å². The molecular weight excluding hydrogens is 362 g/mol. The van der Waals surface area contributed by atoms with Crippen molar-refractivity contribution in [3.63, 3.8) is 0 Å². The van der Waals surface area contributed by atoms with E-state index in [1.54, 1.807) is 6.07 Å². The van der Waals surface area contributed by atoms with Crippen molar-refractivity contribution >= 4 is 35.6 Å². The number of rotatable bonds is 3. The van der Waals surface area contributed by atoms with Crippen LogP contribution in [0.1, 0.15) is 29.0 Å². The zero-order chi connectivity index (χ0) is 16.7. The second-order valence-electron chi connectivity index (χ2n) is 6.48. The van der Waals surface area contributed by atoms with Gasteiger partial charge < -0.3 is 10.6 Å². The molecular formula is C19H19Cl2FN2O. The molecule has 2 atom stereocenters. The summed E-state index contributed by atoms with van der Waals surface area (Å²) in [5, 5.41) is 6.66. The molecule has 0 saturated heterocycles. The Hall–Kier alpha value is -1.62. The quantitative estimate of drug-likeness (QED) is 0.833. The molecule has 2 unspecified atom stereocenters. The summed E-state index contributed by atoms with van der Waals surface area (Å²) in [7, 11) is 0. The highest BCUT2D eigenvalue weighted by Crippen LogP contribution is 2.48. The molecule has 0 bridgehead atoms. The van der Waals surface area contributed by atoms with Gasteiger partial charge in [0, 0.05) is 17.5 Å². The van der Waals surface area contributed by atoms with E-state index in [2.05, 4.69) is 10.6 Å². The number of carbonyl (C=O) groups excluding carboxylic acids is 1. The van der Waals surface area contributed by atoms with Crippen LogP contribution >= 0.6 is 24.0 Å². The van der Waals surface area contributed by atoms with Gasteiger partial charge in [-0.25, -0.2) is 4.39 Å². The molecule has 0 spiro atoms. The summed E-state index contributed by atoms with van der Waals surface area (Å²) < 4.78 is 14.6. The molecule has 132 valence electrons. The van der Waals surface area contributed by atoms with E-state index in [0.717, 1.165) is 24.1 Å². The van der Waals surface area contributed by atoms with Crippen molar-refractivity contribution in [2.75, 3.05) is 11.9 Å². The van der Waals surface area contributed by atoms with Crippen LogP contribution in [0.15, 0.2) is 36.4 Å². The van der Waals surface area contributed by atoms with Crippen molar-refractivity contribution < 1.29 is 9.18 Å². The van der Waals surface area contributed by atoms with Crippen LogP contribution in [-0.4, -0.2) is 12.5 Å². The van der Waals surface area contributed by atoms with Crippen LogP contribution in [0, 0.1) is 11.7 Å². The van der Waals surface area contributed by atoms with Gasteiger partial charge in [0.2, 0.25) is 5.91 Å². The number of hydrogen-bond acceptors (Lipinski definition) is 2. The molecule has 4 rings (SSSR count). The molecule has 0 aromatic heterocycles. The van der Waals surface area contributed by atoms with E-state index in [0.29, 0.717) is 23.6 Å². The molecule has 1 saturated carbocycles. The van der Waals surface area contributed by atoms with E-state index < -0.39 is 0 Å². The Morgan fingerprint density at radius 3 is 2.92 bits per heavy atom. The third-order valence-corrected chi connectivity index (χ3v) is 5.10. The van der Waals surface area contributed by atoms with Crippen LogP contribution in [0.4, 0.5) is 10.1 Å². The van der Waals surface area contributed by atoms with Gasteiger partial charge in [-0.05, 0) is 60.2 Å². The minimum Gasteiger partial charge on any atom is -0.323 e. The van der Waals surface area contributed by atoms with Gasteiger partial charge in [0.05, 0.1) is 5.69 Å². The lowest BCUT2D eigenvalue weighted by Gasteiger charge is -2.19. The van der Waals surface area contributed by atoms with Crippen LogP contribution in [0.3, 0.4) is 0 Å². The van der Waals surface area contributed by atoms with E-state index in [4.69, 9.17) is 11.6 Å². The fraction of sp³-hybridized carbons (Fsp3) is 0.316. The summed E-state index contributed by atoms with van der Waals surface area (Å²) in [5.41, 5.74) is 3.05. The fourth-order valence-corrected chi connectivity index (χ4v) is 3.64. The standard InChI is InChI=1S/C19H18ClFN2O.ClH/c20-13-3-1-2-11(8-13)15-9-16(15)19(24)23-17-5-4-12-10-22-7-6-14(12)18(17)21;/h1-5,8,15-16,22H,6-7,9-10H2,(H,23,24);1H. The fourth-order valence-electron chi connectivity index (χ4n) is 3.45. The first-order valence-corrected chi connectivity index (χ1v) is 8.58. The second-order valence-corrected chi connectivity index (χ2v) is 6.92. The second kappa shape index (κ2) is 7.32. The highest BCUT2D eigenvalue weighted by Gasteiger charge is 2.44. The number of fused-ring (bicyclic) bond motifs is 1. The normalized spacial score (nSPS) is 21.0. The Morgan fingerprint density at radius 1 is 1.28 bits per heavy atom. The summed E-state index contributed by atoms with van der Waals surface area (Å²) in [6.07, 6.45) is 1.43. The molecule has 1 fully saturated rings. The maximum Gasteiger partial charge on any atom is 0.228 e. The number of anilines is 1. The first-order valence-electron chi connectivity index (χ1n) is 8.21. The van der Waals surface area contributed by atoms with Crippen molar-refractivity contribution in [1.29, 1.82) is 0 Å². The van der Waals surface area contributed by atoms with Crippen molar-refractivity contribution in [2.45, 2.75) is 25.3 Å². The molecule has 25 heavy (non-hydrogen) atoms. The summed E-state index contributed by atoms with van der Waals surface area (Å²) in [6, 6.07) is 11.1. The SMILES string of the molecule is Cl.O=C(Nc1ccc2c(c1F)CCNC2)C1CC1c1cccc(Cl)c1. The van der Waals surface area contributed by atoms with Gasteiger partial charge in [0.15, 0.2) is 0 Å². The first kappa shape index (κ1) is 18.2. The molecule has 1 aliphatic carbocycles. The lowest BCUT2D eigenvalue weighted by atomic mass is 9.99. The molecule has 2 aromatic carbocycles. The van der Waals surface area contributed by atoms with Crippen molar-refractivity contribution in [2.24, 2.45) is 5.92 Å². The van der Waals surface area contributed by atoms with E-state index in [1.807, 2.05) is 30.3 Å². The van der Waals surface area contributed by atoms with Gasteiger partial charge in [-0.3, -0.25) is 4.79 Å². The molecule has 6 heteroatoms. The predicted octanol–water partition coefficient (Wildman–Crippen LogP) is 4.29. The molecule has 0 radical (unpaired) electrons. The van der Waals surface area contributed by atoms with Gasteiger partial charge in [-0.15, -0.1) is 12.4 Å². The Kier molecular flexibility index (Phi) is 5.32. The lowest BCUT2D eigenvalue weighted by molar-refractivity contribution is -0.117. The van der Waals surface area contributed by atoms with Crippen LogP contribution < -0.4 is 10.6 Å².